The normalized spacial score (nSPS) is 34.2. The molecule has 0 aromatic carbocycles. The van der Waals surface area contributed by atoms with Gasteiger partial charge in [0.15, 0.2) is 0 Å². The number of nitrogens with two attached hydrogens (primary N) is 1. The molecule has 0 bridgehead atoms. The first-order valence-corrected chi connectivity index (χ1v) is 6.20. The Hall–Kier alpha value is -0.120. The number of hydrogen-bond donors (Lipinski definition) is 2. The third-order valence-electron chi connectivity index (χ3n) is 4.16. The smallest absolute Gasteiger partial charge is 0.0601 e. The number of nitrogens with zero attached hydrogens (tertiary/aromatic N) is 1. The van der Waals surface area contributed by atoms with E-state index in [0.29, 0.717) is 5.92 Å². The van der Waals surface area contributed by atoms with Gasteiger partial charge in [-0.2, -0.15) is 0 Å². The van der Waals surface area contributed by atoms with E-state index < -0.39 is 0 Å². The van der Waals surface area contributed by atoms with Gasteiger partial charge in [0, 0.05) is 18.6 Å². The average molecular weight is 212 g/mol. The van der Waals surface area contributed by atoms with Crippen molar-refractivity contribution in [2.45, 2.75) is 38.3 Å². The first-order valence-electron chi connectivity index (χ1n) is 6.20. The van der Waals surface area contributed by atoms with Gasteiger partial charge < -0.3 is 10.8 Å². The minimum absolute atomic E-state index is 0.172. The quantitative estimate of drug-likeness (QED) is 0.680. The van der Waals surface area contributed by atoms with E-state index in [-0.39, 0.29) is 18.7 Å². The highest BCUT2D eigenvalue weighted by atomic mass is 16.3. The maximum Gasteiger partial charge on any atom is 0.0601 e. The van der Waals surface area contributed by atoms with Gasteiger partial charge in [-0.1, -0.05) is 6.92 Å². The molecule has 4 atom stereocenters. The van der Waals surface area contributed by atoms with Crippen LogP contribution in [-0.2, 0) is 0 Å². The Bertz CT molecular complexity index is 218. The van der Waals surface area contributed by atoms with Crippen molar-refractivity contribution >= 4 is 0 Å². The summed E-state index contributed by atoms with van der Waals surface area (Å²) in [7, 11) is 2.11. The summed E-state index contributed by atoms with van der Waals surface area (Å²) in [4.78, 5) is 2.27. The Balaban J connectivity index is 1.81. The van der Waals surface area contributed by atoms with E-state index >= 15 is 0 Å². The highest BCUT2D eigenvalue weighted by Crippen LogP contribution is 2.39. The summed E-state index contributed by atoms with van der Waals surface area (Å²) in [5.41, 5.74) is 6.16. The van der Waals surface area contributed by atoms with Gasteiger partial charge in [0.1, 0.15) is 0 Å². The second-order valence-corrected chi connectivity index (χ2v) is 5.58. The van der Waals surface area contributed by atoms with E-state index in [2.05, 4.69) is 18.9 Å². The molecular weight excluding hydrogens is 188 g/mol. The first kappa shape index (κ1) is 11.4. The Morgan fingerprint density at radius 3 is 2.47 bits per heavy atom. The highest BCUT2D eigenvalue weighted by molar-refractivity contribution is 4.94. The van der Waals surface area contributed by atoms with Crippen molar-refractivity contribution in [1.82, 2.24) is 4.90 Å². The maximum atomic E-state index is 9.42. The van der Waals surface area contributed by atoms with Gasteiger partial charge in [-0.25, -0.2) is 0 Å². The molecule has 3 nitrogen and oxygen atoms in total. The Morgan fingerprint density at radius 1 is 1.47 bits per heavy atom. The third kappa shape index (κ3) is 2.71. The molecule has 0 saturated heterocycles. The number of likely N-dealkylation sites (N-methyl/N-ethyl adjacent to an activating group) is 1. The fraction of sp³-hybridized carbons (Fsp3) is 1.00. The van der Waals surface area contributed by atoms with Gasteiger partial charge in [0.05, 0.1) is 6.61 Å². The zero-order chi connectivity index (χ0) is 11.0. The fourth-order valence-electron chi connectivity index (χ4n) is 2.51. The van der Waals surface area contributed by atoms with Crippen molar-refractivity contribution < 1.29 is 5.11 Å². The van der Waals surface area contributed by atoms with Crippen LogP contribution in [0.4, 0.5) is 0 Å². The Kier molecular flexibility index (Phi) is 3.33. The molecule has 2 aliphatic rings. The maximum absolute atomic E-state index is 9.42. The second kappa shape index (κ2) is 4.40. The summed E-state index contributed by atoms with van der Waals surface area (Å²) >= 11 is 0. The molecule has 15 heavy (non-hydrogen) atoms. The molecule has 0 heterocycles. The lowest BCUT2D eigenvalue weighted by Crippen LogP contribution is -2.50. The zero-order valence-electron chi connectivity index (χ0n) is 9.89. The van der Waals surface area contributed by atoms with Crippen LogP contribution in [0.1, 0.15) is 26.2 Å². The second-order valence-electron chi connectivity index (χ2n) is 5.58. The first-order chi connectivity index (χ1) is 7.13. The molecule has 88 valence electrons. The fourth-order valence-corrected chi connectivity index (χ4v) is 2.51. The van der Waals surface area contributed by atoms with Crippen molar-refractivity contribution in [2.75, 3.05) is 20.2 Å². The molecule has 2 saturated carbocycles. The lowest BCUT2D eigenvalue weighted by Gasteiger charge is -2.31. The van der Waals surface area contributed by atoms with Crippen molar-refractivity contribution in [3.63, 3.8) is 0 Å². The van der Waals surface area contributed by atoms with Gasteiger partial charge in [-0.05, 0) is 44.1 Å². The number of aliphatic hydroxyl groups is 1. The summed E-state index contributed by atoms with van der Waals surface area (Å²) < 4.78 is 0. The highest BCUT2D eigenvalue weighted by Gasteiger charge is 2.38. The molecule has 4 unspecified atom stereocenters. The molecular formula is C12H24N2O. The molecule has 0 aliphatic heterocycles. The van der Waals surface area contributed by atoms with Crippen LogP contribution in [0.25, 0.3) is 0 Å². The van der Waals surface area contributed by atoms with Gasteiger partial charge in [-0.15, -0.1) is 0 Å². The minimum Gasteiger partial charge on any atom is -0.395 e. The van der Waals surface area contributed by atoms with Gasteiger partial charge in [-0.3, -0.25) is 4.90 Å². The van der Waals surface area contributed by atoms with E-state index in [1.807, 2.05) is 0 Å². The molecule has 2 rings (SSSR count). The molecule has 3 heteroatoms. The van der Waals surface area contributed by atoms with Crippen LogP contribution in [0.5, 0.6) is 0 Å². The largest absolute Gasteiger partial charge is 0.395 e. The summed E-state index contributed by atoms with van der Waals surface area (Å²) in [6, 6.07) is 0.347. The Morgan fingerprint density at radius 2 is 2.07 bits per heavy atom. The molecule has 2 aliphatic carbocycles. The molecule has 0 aromatic heterocycles. The Labute approximate surface area is 92.6 Å². The number of aliphatic hydroxyl groups excluding tert-OH is 1. The van der Waals surface area contributed by atoms with E-state index in [4.69, 9.17) is 5.73 Å². The van der Waals surface area contributed by atoms with Crippen LogP contribution in [-0.4, -0.2) is 42.3 Å². The third-order valence-corrected chi connectivity index (χ3v) is 4.16. The lowest BCUT2D eigenvalue weighted by atomic mass is 10.0. The van der Waals surface area contributed by atoms with Crippen LogP contribution in [0.15, 0.2) is 0 Å². The number of rotatable bonds is 6. The summed E-state index contributed by atoms with van der Waals surface area (Å²) in [6.45, 7) is 3.61. The van der Waals surface area contributed by atoms with Gasteiger partial charge >= 0.3 is 0 Å². The molecule has 0 radical (unpaired) electrons. The van der Waals surface area contributed by atoms with Gasteiger partial charge in [0.25, 0.3) is 0 Å². The average Bonchev–Trinajstić information content (AvgIpc) is 3.04. The van der Waals surface area contributed by atoms with Crippen molar-refractivity contribution in [2.24, 2.45) is 23.5 Å². The molecule has 0 amide bonds. The molecule has 3 N–H and O–H groups in total. The van der Waals surface area contributed by atoms with Crippen LogP contribution in [0.2, 0.25) is 0 Å². The molecule has 0 spiro atoms. The standard InChI is InChI=1S/C12H24N2O/c1-8-5-10(8)6-14(2)11(7-15)12(13)9-3-4-9/h8-12,15H,3-7,13H2,1-2H3. The van der Waals surface area contributed by atoms with E-state index in [0.717, 1.165) is 18.4 Å². The summed E-state index contributed by atoms with van der Waals surface area (Å²) in [5.74, 6) is 2.39. The van der Waals surface area contributed by atoms with Crippen molar-refractivity contribution in [1.29, 1.82) is 0 Å². The van der Waals surface area contributed by atoms with E-state index in [9.17, 15) is 5.11 Å². The van der Waals surface area contributed by atoms with Crippen LogP contribution >= 0.6 is 0 Å². The topological polar surface area (TPSA) is 49.5 Å². The van der Waals surface area contributed by atoms with Crippen molar-refractivity contribution in [3.8, 4) is 0 Å². The molecule has 2 fully saturated rings. The number of hydrogen-bond acceptors (Lipinski definition) is 3. The predicted molar refractivity (Wildman–Crippen MR) is 61.5 cm³/mol. The SMILES string of the molecule is CC1CC1CN(C)C(CO)C(N)C1CC1. The summed E-state index contributed by atoms with van der Waals surface area (Å²) in [6.07, 6.45) is 3.86. The predicted octanol–water partition coefficient (Wildman–Crippen LogP) is 0.672. The van der Waals surface area contributed by atoms with Crippen LogP contribution in [0, 0.1) is 17.8 Å². The van der Waals surface area contributed by atoms with E-state index in [1.165, 1.54) is 19.3 Å². The summed E-state index contributed by atoms with van der Waals surface area (Å²) in [5, 5.41) is 9.42. The van der Waals surface area contributed by atoms with E-state index in [1.54, 1.807) is 0 Å². The van der Waals surface area contributed by atoms with Crippen molar-refractivity contribution in [3.05, 3.63) is 0 Å². The minimum atomic E-state index is 0.172. The molecule has 0 aromatic rings. The van der Waals surface area contributed by atoms with Crippen LogP contribution < -0.4 is 5.73 Å². The lowest BCUT2D eigenvalue weighted by molar-refractivity contribution is 0.115. The monoisotopic (exact) mass is 212 g/mol. The van der Waals surface area contributed by atoms with Crippen LogP contribution in [0.3, 0.4) is 0 Å². The van der Waals surface area contributed by atoms with Gasteiger partial charge in [0.2, 0.25) is 0 Å². The zero-order valence-corrected chi connectivity index (χ0v) is 9.89.